The van der Waals surface area contributed by atoms with E-state index in [9.17, 15) is 48.3 Å². The molecule has 1 aromatic rings. The van der Waals surface area contributed by atoms with Gasteiger partial charge in [0, 0.05) is 25.5 Å². The molecule has 21 heteroatoms. The second kappa shape index (κ2) is 38.5. The lowest BCUT2D eigenvalue weighted by atomic mass is 9.99. The minimum absolute atomic E-state index is 0.0312. The summed E-state index contributed by atoms with van der Waals surface area (Å²) in [6, 6.07) is 1.24. The predicted molar refractivity (Wildman–Crippen MR) is 275 cm³/mol. The van der Waals surface area contributed by atoms with E-state index in [1.807, 2.05) is 6.08 Å². The SMILES string of the molecule is CCCCC/C=C\C=C\C(=O)CCCCCCCC(=O)O[C@H](COC(=O)CCCCCCCCCCCCCCCCC(C)CC)COP(=O)(O)OP(=O)(O)OC[C@H]1O[C@@H](n2ccc(N)nc2=O)[C@H](O)[C@@H]1O. The highest BCUT2D eigenvalue weighted by molar-refractivity contribution is 7.61. The Balaban J connectivity index is 1.80. The van der Waals surface area contributed by atoms with Crippen LogP contribution < -0.4 is 11.4 Å². The van der Waals surface area contributed by atoms with Gasteiger partial charge in [-0.05, 0) is 50.2 Å². The number of anilines is 1. The summed E-state index contributed by atoms with van der Waals surface area (Å²) in [5, 5.41) is 20.9. The summed E-state index contributed by atoms with van der Waals surface area (Å²) in [7, 11) is -10.9. The van der Waals surface area contributed by atoms with Crippen molar-refractivity contribution in [2.45, 2.75) is 231 Å². The average Bonchev–Trinajstić information content (AvgIpc) is 3.61. The van der Waals surface area contributed by atoms with Crippen LogP contribution in [0, 0.1) is 5.92 Å². The van der Waals surface area contributed by atoms with Gasteiger partial charge in [-0.25, -0.2) is 13.9 Å². The van der Waals surface area contributed by atoms with Crippen LogP contribution in [-0.4, -0.2) is 91.5 Å². The zero-order chi connectivity index (χ0) is 53.0. The first-order valence-electron chi connectivity index (χ1n) is 26.7. The van der Waals surface area contributed by atoms with E-state index in [-0.39, 0.29) is 24.4 Å². The molecule has 1 aromatic heterocycles. The molecule has 0 bridgehead atoms. The van der Waals surface area contributed by atoms with Gasteiger partial charge in [-0.2, -0.15) is 9.29 Å². The number of unbranched alkanes of at least 4 members (excludes halogenated alkanes) is 20. The average molecular weight is 1060 g/mol. The van der Waals surface area contributed by atoms with Crippen LogP contribution in [0.4, 0.5) is 5.82 Å². The molecule has 0 aromatic carbocycles. The Morgan fingerprint density at radius 1 is 0.750 bits per heavy atom. The molecule has 0 radical (unpaired) electrons. The lowest BCUT2D eigenvalue weighted by Gasteiger charge is -2.21. The van der Waals surface area contributed by atoms with Crippen molar-refractivity contribution in [2.24, 2.45) is 5.92 Å². The molecule has 0 spiro atoms. The van der Waals surface area contributed by atoms with E-state index in [1.165, 1.54) is 83.1 Å². The molecule has 1 aliphatic heterocycles. The molecule has 3 unspecified atom stereocenters. The number of ketones is 1. The fraction of sp³-hybridized carbons (Fsp3) is 0.784. The van der Waals surface area contributed by atoms with Gasteiger partial charge in [-0.1, -0.05) is 167 Å². The van der Waals surface area contributed by atoms with Crippen molar-refractivity contribution in [3.63, 3.8) is 0 Å². The molecule has 2 rings (SSSR count). The maximum atomic E-state index is 12.9. The molecule has 414 valence electrons. The number of carbonyl (C=O) groups is 3. The fourth-order valence-corrected chi connectivity index (χ4v) is 10.1. The molecule has 0 amide bonds. The third-order valence-corrected chi connectivity index (χ3v) is 15.2. The monoisotopic (exact) mass is 1060 g/mol. The van der Waals surface area contributed by atoms with Gasteiger partial charge in [0.25, 0.3) is 0 Å². The van der Waals surface area contributed by atoms with Crippen molar-refractivity contribution >= 4 is 39.2 Å². The van der Waals surface area contributed by atoms with Gasteiger partial charge < -0.3 is 39.9 Å². The Labute approximate surface area is 428 Å². The Bertz CT molecular complexity index is 1880. The summed E-state index contributed by atoms with van der Waals surface area (Å²) in [6.07, 6.45) is 27.9. The van der Waals surface area contributed by atoms with Crippen molar-refractivity contribution in [2.75, 3.05) is 25.6 Å². The number of phosphoric acid groups is 2. The van der Waals surface area contributed by atoms with E-state index >= 15 is 0 Å². The summed E-state index contributed by atoms with van der Waals surface area (Å²) < 4.78 is 56.8. The largest absolute Gasteiger partial charge is 0.481 e. The Kier molecular flexibility index (Phi) is 34.7. The third-order valence-electron chi connectivity index (χ3n) is 12.6. The highest BCUT2D eigenvalue weighted by Gasteiger charge is 2.46. The molecular weight excluding hydrogens is 973 g/mol. The second-order valence-electron chi connectivity index (χ2n) is 19.0. The van der Waals surface area contributed by atoms with Gasteiger partial charge in [0.05, 0.1) is 13.2 Å². The van der Waals surface area contributed by atoms with E-state index in [2.05, 4.69) is 36.1 Å². The number of aromatic nitrogens is 2. The third kappa shape index (κ3) is 30.9. The molecule has 6 N–H and O–H groups in total. The number of hydrogen-bond donors (Lipinski definition) is 5. The molecule has 2 heterocycles. The van der Waals surface area contributed by atoms with Crippen LogP contribution >= 0.6 is 15.6 Å². The minimum Gasteiger partial charge on any atom is -0.462 e. The van der Waals surface area contributed by atoms with Crippen LogP contribution in [0.1, 0.15) is 207 Å². The van der Waals surface area contributed by atoms with E-state index < -0.39 is 83.7 Å². The summed E-state index contributed by atoms with van der Waals surface area (Å²) in [4.78, 5) is 74.1. The molecule has 0 aliphatic carbocycles. The quantitative estimate of drug-likeness (QED) is 0.0133. The smallest absolute Gasteiger partial charge is 0.462 e. The number of allylic oxidation sites excluding steroid dienone is 4. The lowest BCUT2D eigenvalue weighted by Crippen LogP contribution is -2.36. The first-order chi connectivity index (χ1) is 34.5. The Morgan fingerprint density at radius 2 is 1.31 bits per heavy atom. The number of esters is 2. The molecule has 72 heavy (non-hydrogen) atoms. The molecule has 0 saturated carbocycles. The van der Waals surface area contributed by atoms with Crippen molar-refractivity contribution in [3.8, 4) is 0 Å². The number of ether oxygens (including phenoxy) is 3. The molecule has 19 nitrogen and oxygen atoms in total. The summed E-state index contributed by atoms with van der Waals surface area (Å²) in [5.74, 6) is -0.494. The van der Waals surface area contributed by atoms with Crippen LogP contribution in [0.5, 0.6) is 0 Å². The maximum absolute atomic E-state index is 12.9. The van der Waals surface area contributed by atoms with Gasteiger partial charge >= 0.3 is 33.3 Å². The zero-order valence-corrected chi connectivity index (χ0v) is 45.2. The normalized spacial score (nSPS) is 19.6. The maximum Gasteiger partial charge on any atom is 0.481 e. The zero-order valence-electron chi connectivity index (χ0n) is 43.4. The standard InChI is InChI=1S/C51H89N3O16P2/c1-4-6-7-8-17-22-27-32-42(55)33-28-23-20-25-30-35-47(57)68-43(38-65-46(56)34-29-24-19-16-14-12-10-9-11-13-15-18-21-26-31-41(3)5-2)39-66-71(61,62)70-72(63,64)67-40-44-48(58)49(59)50(69-44)54-37-36-45(52)53-51(54)60/h17,22,27,32,36-37,41,43-44,48-50,58-59H,4-16,18-21,23-26,28-31,33-35,38-40H2,1-3H3,(H,61,62)(H,63,64)(H2,52,53,60)/b22-17-,32-27+/t41?,43-,44-,48-,49-,50-/m1/s1. The summed E-state index contributed by atoms with van der Waals surface area (Å²) in [6.45, 7) is 4.36. The Hall–Kier alpha value is -3.09. The van der Waals surface area contributed by atoms with Gasteiger partial charge in [0.15, 0.2) is 18.1 Å². The number of nitrogens with zero attached hydrogens (tertiary/aromatic N) is 2. The number of carbonyl (C=O) groups excluding carboxylic acids is 3. The van der Waals surface area contributed by atoms with Crippen LogP contribution in [0.2, 0.25) is 0 Å². The van der Waals surface area contributed by atoms with E-state index in [4.69, 9.17) is 29.0 Å². The Morgan fingerprint density at radius 3 is 1.89 bits per heavy atom. The van der Waals surface area contributed by atoms with E-state index in [0.29, 0.717) is 32.1 Å². The van der Waals surface area contributed by atoms with E-state index in [1.54, 1.807) is 12.2 Å². The van der Waals surface area contributed by atoms with Crippen LogP contribution in [0.25, 0.3) is 0 Å². The van der Waals surface area contributed by atoms with Crippen LogP contribution in [-0.2, 0) is 51.1 Å². The number of rotatable bonds is 44. The van der Waals surface area contributed by atoms with Crippen molar-refractivity contribution < 1.29 is 71.1 Å². The van der Waals surface area contributed by atoms with Crippen molar-refractivity contribution in [1.29, 1.82) is 0 Å². The van der Waals surface area contributed by atoms with E-state index in [0.717, 1.165) is 74.5 Å². The molecule has 1 aliphatic rings. The van der Waals surface area contributed by atoms with Crippen molar-refractivity contribution in [1.82, 2.24) is 9.55 Å². The highest BCUT2D eigenvalue weighted by Crippen LogP contribution is 2.60. The van der Waals surface area contributed by atoms with Gasteiger partial charge in [0.2, 0.25) is 0 Å². The molecule has 1 saturated heterocycles. The summed E-state index contributed by atoms with van der Waals surface area (Å²) >= 11 is 0. The number of phosphoric ester groups is 2. The van der Waals surface area contributed by atoms with Crippen molar-refractivity contribution in [3.05, 3.63) is 47.1 Å². The number of hydrogen-bond acceptors (Lipinski definition) is 16. The topological polar surface area (TPSA) is 283 Å². The van der Waals surface area contributed by atoms with Gasteiger partial charge in [-0.15, -0.1) is 0 Å². The highest BCUT2D eigenvalue weighted by atomic mass is 31.3. The molecular formula is C51H89N3O16P2. The van der Waals surface area contributed by atoms with Gasteiger partial charge in [0.1, 0.15) is 30.7 Å². The van der Waals surface area contributed by atoms with Crippen LogP contribution in [0.15, 0.2) is 41.4 Å². The first-order valence-corrected chi connectivity index (χ1v) is 29.7. The van der Waals surface area contributed by atoms with Crippen LogP contribution in [0.3, 0.4) is 0 Å². The molecule has 8 atom stereocenters. The summed E-state index contributed by atoms with van der Waals surface area (Å²) in [5.41, 5.74) is 4.58. The number of nitrogens with two attached hydrogens (primary N) is 1. The minimum atomic E-state index is -5.45. The second-order valence-corrected chi connectivity index (χ2v) is 22.1. The predicted octanol–water partition coefficient (Wildman–Crippen LogP) is 10.4. The number of aliphatic hydroxyl groups excluding tert-OH is 2. The van der Waals surface area contributed by atoms with Gasteiger partial charge in [-0.3, -0.25) is 28.0 Å². The lowest BCUT2D eigenvalue weighted by molar-refractivity contribution is -0.161. The number of nitrogen functional groups attached to an aromatic ring is 1. The molecule has 1 fully saturated rings. The fourth-order valence-electron chi connectivity index (χ4n) is 7.98. The number of aliphatic hydroxyl groups is 2. The first kappa shape index (κ1) is 65.0.